The third kappa shape index (κ3) is 4.33. The number of hydrogen-bond acceptors (Lipinski definition) is 3. The van der Waals surface area contributed by atoms with Gasteiger partial charge in [0.15, 0.2) is 0 Å². The van der Waals surface area contributed by atoms with E-state index in [2.05, 4.69) is 0 Å². The Kier molecular flexibility index (Phi) is 5.81. The molecule has 4 nitrogen and oxygen atoms in total. The largest absolute Gasteiger partial charge is 0.496 e. The molecule has 0 aromatic heterocycles. The highest BCUT2D eigenvalue weighted by Gasteiger charge is 2.21. The van der Waals surface area contributed by atoms with Crippen LogP contribution in [0.25, 0.3) is 6.08 Å². The van der Waals surface area contributed by atoms with Crippen LogP contribution in [0.1, 0.15) is 24.8 Å². The fourth-order valence-electron chi connectivity index (χ4n) is 2.75. The van der Waals surface area contributed by atoms with Gasteiger partial charge in [0.05, 0.1) is 7.11 Å². The van der Waals surface area contributed by atoms with Gasteiger partial charge in [-0.3, -0.25) is 4.79 Å². The lowest BCUT2D eigenvalue weighted by atomic mass is 9.95. The van der Waals surface area contributed by atoms with Gasteiger partial charge < -0.3 is 14.7 Å². The van der Waals surface area contributed by atoms with Gasteiger partial charge in [0.2, 0.25) is 5.91 Å². The second-order valence-corrected chi connectivity index (χ2v) is 5.38. The maximum atomic E-state index is 12.3. The number of nitrogens with zero attached hydrogens (tertiary/aromatic N) is 1. The van der Waals surface area contributed by atoms with E-state index in [1.807, 2.05) is 29.2 Å². The number of amides is 1. The SMILES string of the molecule is COc1ccccc1C=CC(=O)N1CCCC(CCO)C1. The topological polar surface area (TPSA) is 49.8 Å². The van der Waals surface area contributed by atoms with Gasteiger partial charge >= 0.3 is 0 Å². The summed E-state index contributed by atoms with van der Waals surface area (Å²) in [6.45, 7) is 1.75. The van der Waals surface area contributed by atoms with Gasteiger partial charge in [0, 0.05) is 31.3 Å². The fraction of sp³-hybridized carbons (Fsp3) is 0.471. The van der Waals surface area contributed by atoms with E-state index in [4.69, 9.17) is 9.84 Å². The van der Waals surface area contributed by atoms with Gasteiger partial charge in [-0.1, -0.05) is 18.2 Å². The number of carbonyl (C=O) groups is 1. The highest BCUT2D eigenvalue weighted by atomic mass is 16.5. The summed E-state index contributed by atoms with van der Waals surface area (Å²) in [6.07, 6.45) is 6.30. The quantitative estimate of drug-likeness (QED) is 0.846. The number of methoxy groups -OCH3 is 1. The second-order valence-electron chi connectivity index (χ2n) is 5.38. The Bertz CT molecular complexity index is 497. The second kappa shape index (κ2) is 7.84. The first-order valence-electron chi connectivity index (χ1n) is 7.45. The van der Waals surface area contributed by atoms with E-state index in [9.17, 15) is 4.79 Å². The van der Waals surface area contributed by atoms with Crippen LogP contribution in [0.2, 0.25) is 0 Å². The Labute approximate surface area is 126 Å². The van der Waals surface area contributed by atoms with Crippen molar-refractivity contribution in [2.24, 2.45) is 5.92 Å². The van der Waals surface area contributed by atoms with Gasteiger partial charge in [-0.2, -0.15) is 0 Å². The number of aliphatic hydroxyl groups is 1. The normalized spacial score (nSPS) is 19.0. The summed E-state index contributed by atoms with van der Waals surface area (Å²) in [7, 11) is 1.62. The Balaban J connectivity index is 1.98. The van der Waals surface area contributed by atoms with E-state index in [1.54, 1.807) is 19.3 Å². The number of benzene rings is 1. The first-order valence-corrected chi connectivity index (χ1v) is 7.45. The van der Waals surface area contributed by atoms with E-state index < -0.39 is 0 Å². The Morgan fingerprint density at radius 3 is 3.05 bits per heavy atom. The minimum absolute atomic E-state index is 0.0311. The summed E-state index contributed by atoms with van der Waals surface area (Å²) >= 11 is 0. The van der Waals surface area contributed by atoms with Crippen molar-refractivity contribution >= 4 is 12.0 Å². The van der Waals surface area contributed by atoms with E-state index >= 15 is 0 Å². The molecule has 0 bridgehead atoms. The van der Waals surface area contributed by atoms with Crippen molar-refractivity contribution in [3.63, 3.8) is 0 Å². The predicted molar refractivity (Wildman–Crippen MR) is 83.0 cm³/mol. The standard InChI is InChI=1S/C17H23NO3/c1-21-16-7-3-2-6-15(16)8-9-17(20)18-11-4-5-14(13-18)10-12-19/h2-3,6-9,14,19H,4-5,10-13H2,1H3. The van der Waals surface area contributed by atoms with Crippen LogP contribution >= 0.6 is 0 Å². The fourth-order valence-corrected chi connectivity index (χ4v) is 2.75. The molecule has 1 fully saturated rings. The first-order chi connectivity index (χ1) is 10.2. The number of piperidine rings is 1. The maximum Gasteiger partial charge on any atom is 0.246 e. The third-order valence-electron chi connectivity index (χ3n) is 3.91. The van der Waals surface area contributed by atoms with Gasteiger partial charge in [0.1, 0.15) is 5.75 Å². The number of aliphatic hydroxyl groups excluding tert-OH is 1. The summed E-state index contributed by atoms with van der Waals surface area (Å²) in [5.41, 5.74) is 0.900. The lowest BCUT2D eigenvalue weighted by Crippen LogP contribution is -2.39. The van der Waals surface area contributed by atoms with Crippen LogP contribution < -0.4 is 4.74 Å². The molecule has 0 radical (unpaired) electrons. The minimum Gasteiger partial charge on any atom is -0.496 e. The molecule has 1 saturated heterocycles. The number of para-hydroxylation sites is 1. The molecule has 1 heterocycles. The van der Waals surface area contributed by atoms with Crippen LogP contribution in [-0.4, -0.2) is 42.7 Å². The van der Waals surface area contributed by atoms with Crippen LogP contribution in [0, 0.1) is 5.92 Å². The van der Waals surface area contributed by atoms with Gasteiger partial charge in [-0.05, 0) is 37.3 Å². The van der Waals surface area contributed by atoms with Crippen molar-refractivity contribution in [1.82, 2.24) is 4.90 Å². The molecule has 0 saturated carbocycles. The Hall–Kier alpha value is -1.81. The number of ether oxygens (including phenoxy) is 1. The molecule has 1 atom stereocenters. The van der Waals surface area contributed by atoms with E-state index in [-0.39, 0.29) is 12.5 Å². The van der Waals surface area contributed by atoms with Crippen molar-refractivity contribution in [1.29, 1.82) is 0 Å². The van der Waals surface area contributed by atoms with Crippen LogP contribution in [0.4, 0.5) is 0 Å². The monoisotopic (exact) mass is 289 g/mol. The van der Waals surface area contributed by atoms with E-state index in [0.29, 0.717) is 5.92 Å². The Morgan fingerprint density at radius 2 is 2.29 bits per heavy atom. The number of hydrogen-bond donors (Lipinski definition) is 1. The zero-order chi connectivity index (χ0) is 15.1. The lowest BCUT2D eigenvalue weighted by Gasteiger charge is -2.31. The minimum atomic E-state index is 0.0311. The molecule has 1 aliphatic heterocycles. The molecule has 1 amide bonds. The van der Waals surface area contributed by atoms with Crippen molar-refractivity contribution in [3.8, 4) is 5.75 Å². The van der Waals surface area contributed by atoms with Crippen LogP contribution in [0.3, 0.4) is 0 Å². The summed E-state index contributed by atoms with van der Waals surface area (Å²) < 4.78 is 5.27. The molecule has 2 rings (SSSR count). The average molecular weight is 289 g/mol. The Morgan fingerprint density at radius 1 is 1.48 bits per heavy atom. The smallest absolute Gasteiger partial charge is 0.246 e. The molecule has 21 heavy (non-hydrogen) atoms. The summed E-state index contributed by atoms with van der Waals surface area (Å²) in [5, 5.41) is 9.02. The van der Waals surface area contributed by atoms with Crippen molar-refractivity contribution < 1.29 is 14.6 Å². The summed E-state index contributed by atoms with van der Waals surface area (Å²) in [6, 6.07) is 7.63. The van der Waals surface area contributed by atoms with Gasteiger partial charge in [0.25, 0.3) is 0 Å². The third-order valence-corrected chi connectivity index (χ3v) is 3.91. The molecular formula is C17H23NO3. The number of rotatable bonds is 5. The molecule has 114 valence electrons. The first kappa shape index (κ1) is 15.6. The van der Waals surface area contributed by atoms with E-state index in [0.717, 1.165) is 43.7 Å². The zero-order valence-corrected chi connectivity index (χ0v) is 12.5. The van der Waals surface area contributed by atoms with Crippen molar-refractivity contribution in [2.45, 2.75) is 19.3 Å². The van der Waals surface area contributed by atoms with Crippen LogP contribution in [-0.2, 0) is 4.79 Å². The summed E-state index contributed by atoms with van der Waals surface area (Å²) in [5.74, 6) is 1.22. The molecule has 0 aliphatic carbocycles. The molecule has 1 unspecified atom stereocenters. The van der Waals surface area contributed by atoms with E-state index in [1.165, 1.54) is 0 Å². The molecule has 1 aromatic rings. The molecule has 4 heteroatoms. The van der Waals surface area contributed by atoms with Crippen LogP contribution in [0.15, 0.2) is 30.3 Å². The molecule has 0 spiro atoms. The molecule has 1 aromatic carbocycles. The molecule has 1 N–H and O–H groups in total. The molecular weight excluding hydrogens is 266 g/mol. The average Bonchev–Trinajstić information content (AvgIpc) is 2.53. The van der Waals surface area contributed by atoms with Gasteiger partial charge in [-0.15, -0.1) is 0 Å². The highest BCUT2D eigenvalue weighted by molar-refractivity contribution is 5.92. The molecule has 1 aliphatic rings. The van der Waals surface area contributed by atoms with Crippen molar-refractivity contribution in [2.75, 3.05) is 26.8 Å². The maximum absolute atomic E-state index is 12.3. The van der Waals surface area contributed by atoms with Crippen LogP contribution in [0.5, 0.6) is 5.75 Å². The predicted octanol–water partition coefficient (Wildman–Crippen LogP) is 2.33. The number of carbonyl (C=O) groups excluding carboxylic acids is 1. The van der Waals surface area contributed by atoms with Crippen molar-refractivity contribution in [3.05, 3.63) is 35.9 Å². The number of likely N-dealkylation sites (tertiary alicyclic amines) is 1. The van der Waals surface area contributed by atoms with Gasteiger partial charge in [-0.25, -0.2) is 0 Å². The highest BCUT2D eigenvalue weighted by Crippen LogP contribution is 2.21. The summed E-state index contributed by atoms with van der Waals surface area (Å²) in [4.78, 5) is 14.1. The zero-order valence-electron chi connectivity index (χ0n) is 12.5. The lowest BCUT2D eigenvalue weighted by molar-refractivity contribution is -0.127.